The van der Waals surface area contributed by atoms with E-state index in [0.29, 0.717) is 0 Å². The SMILES string of the molecule is CN(C)C(C(=O)NCC(=O)N1CCCCC1)c1ccccc1. The highest BCUT2D eigenvalue weighted by Gasteiger charge is 2.24. The van der Waals surface area contributed by atoms with Crippen molar-refractivity contribution in [3.63, 3.8) is 0 Å². The lowest BCUT2D eigenvalue weighted by Crippen LogP contribution is -2.45. The minimum absolute atomic E-state index is 0.0126. The van der Waals surface area contributed by atoms with Crippen molar-refractivity contribution in [1.29, 1.82) is 0 Å². The molecule has 1 atom stereocenters. The van der Waals surface area contributed by atoms with E-state index in [1.807, 2.05) is 54.2 Å². The van der Waals surface area contributed by atoms with Crippen LogP contribution in [0.3, 0.4) is 0 Å². The third-order valence-electron chi connectivity index (χ3n) is 4.00. The van der Waals surface area contributed by atoms with Crippen molar-refractivity contribution in [3.05, 3.63) is 35.9 Å². The molecule has 0 spiro atoms. The van der Waals surface area contributed by atoms with Crippen LogP contribution in [0, 0.1) is 0 Å². The van der Waals surface area contributed by atoms with Crippen molar-refractivity contribution >= 4 is 11.8 Å². The maximum absolute atomic E-state index is 12.4. The topological polar surface area (TPSA) is 52.7 Å². The highest BCUT2D eigenvalue weighted by atomic mass is 16.2. The van der Waals surface area contributed by atoms with Gasteiger partial charge in [-0.2, -0.15) is 0 Å². The van der Waals surface area contributed by atoms with Gasteiger partial charge in [0.1, 0.15) is 6.04 Å². The van der Waals surface area contributed by atoms with Crippen LogP contribution in [0.15, 0.2) is 30.3 Å². The summed E-state index contributed by atoms with van der Waals surface area (Å²) in [5.74, 6) is -0.125. The monoisotopic (exact) mass is 303 g/mol. The predicted molar refractivity (Wildman–Crippen MR) is 86.3 cm³/mol. The van der Waals surface area contributed by atoms with Crippen LogP contribution in [0.4, 0.5) is 0 Å². The third kappa shape index (κ3) is 4.31. The molecule has 5 heteroatoms. The highest BCUT2D eigenvalue weighted by molar-refractivity contribution is 5.88. The summed E-state index contributed by atoms with van der Waals surface area (Å²) in [6.45, 7) is 1.70. The summed E-state index contributed by atoms with van der Waals surface area (Å²) in [5.41, 5.74) is 0.926. The Hall–Kier alpha value is -1.88. The number of likely N-dealkylation sites (tertiary alicyclic amines) is 1. The number of benzene rings is 1. The number of nitrogens with one attached hydrogen (secondary N) is 1. The number of amides is 2. The number of carbonyl (C=O) groups excluding carboxylic acids is 2. The first-order chi connectivity index (χ1) is 10.6. The van der Waals surface area contributed by atoms with Crippen LogP contribution >= 0.6 is 0 Å². The molecule has 120 valence electrons. The van der Waals surface area contributed by atoms with Gasteiger partial charge in [0.05, 0.1) is 6.54 Å². The number of rotatable bonds is 5. The van der Waals surface area contributed by atoms with Crippen LogP contribution in [0.5, 0.6) is 0 Å². The van der Waals surface area contributed by atoms with Gasteiger partial charge in [0.25, 0.3) is 0 Å². The molecule has 1 N–H and O–H groups in total. The molecule has 5 nitrogen and oxygen atoms in total. The van der Waals surface area contributed by atoms with Gasteiger partial charge in [-0.05, 0) is 38.9 Å². The van der Waals surface area contributed by atoms with Gasteiger partial charge in [-0.1, -0.05) is 30.3 Å². The summed E-state index contributed by atoms with van der Waals surface area (Å²) in [5, 5.41) is 2.79. The fraction of sp³-hybridized carbons (Fsp3) is 0.529. The Labute approximate surface area is 132 Å². The molecule has 2 rings (SSSR count). The smallest absolute Gasteiger partial charge is 0.242 e. The number of likely N-dealkylation sites (N-methyl/N-ethyl adjacent to an activating group) is 1. The summed E-state index contributed by atoms with van der Waals surface area (Å²) < 4.78 is 0. The van der Waals surface area contributed by atoms with E-state index in [0.717, 1.165) is 31.5 Å². The zero-order valence-electron chi connectivity index (χ0n) is 13.4. The van der Waals surface area contributed by atoms with Gasteiger partial charge in [0.2, 0.25) is 11.8 Å². The summed E-state index contributed by atoms with van der Waals surface area (Å²) in [7, 11) is 3.73. The summed E-state index contributed by atoms with van der Waals surface area (Å²) >= 11 is 0. The normalized spacial score (nSPS) is 16.4. The molecule has 0 bridgehead atoms. The van der Waals surface area contributed by atoms with E-state index < -0.39 is 0 Å². The second-order valence-corrected chi connectivity index (χ2v) is 5.94. The van der Waals surface area contributed by atoms with E-state index >= 15 is 0 Å². The number of carbonyl (C=O) groups is 2. The second-order valence-electron chi connectivity index (χ2n) is 5.94. The van der Waals surface area contributed by atoms with Crippen LogP contribution < -0.4 is 5.32 Å². The maximum atomic E-state index is 12.4. The van der Waals surface area contributed by atoms with Crippen molar-refractivity contribution in [3.8, 4) is 0 Å². The first-order valence-corrected chi connectivity index (χ1v) is 7.86. The van der Waals surface area contributed by atoms with E-state index in [4.69, 9.17) is 0 Å². The molecule has 1 aromatic carbocycles. The molecule has 1 aliphatic heterocycles. The second kappa shape index (κ2) is 7.94. The Morgan fingerprint density at radius 3 is 2.36 bits per heavy atom. The zero-order valence-corrected chi connectivity index (χ0v) is 13.4. The van der Waals surface area contributed by atoms with Gasteiger partial charge in [-0.25, -0.2) is 0 Å². The molecular formula is C17H25N3O2. The van der Waals surface area contributed by atoms with Gasteiger partial charge >= 0.3 is 0 Å². The Morgan fingerprint density at radius 2 is 1.77 bits per heavy atom. The van der Waals surface area contributed by atoms with E-state index in [1.54, 1.807) is 0 Å². The molecule has 1 unspecified atom stereocenters. The first-order valence-electron chi connectivity index (χ1n) is 7.86. The molecule has 1 heterocycles. The minimum atomic E-state index is -0.379. The average molecular weight is 303 g/mol. The Bertz CT molecular complexity index is 496. The maximum Gasteiger partial charge on any atom is 0.242 e. The standard InChI is InChI=1S/C17H25N3O2/c1-19(2)16(14-9-5-3-6-10-14)17(22)18-13-15(21)20-11-7-4-8-12-20/h3,5-6,9-10,16H,4,7-8,11-13H2,1-2H3,(H,18,22). The highest BCUT2D eigenvalue weighted by Crippen LogP contribution is 2.17. The molecule has 1 aliphatic rings. The third-order valence-corrected chi connectivity index (χ3v) is 4.00. The quantitative estimate of drug-likeness (QED) is 0.895. The van der Waals surface area contributed by atoms with Crippen LogP contribution in [0.25, 0.3) is 0 Å². The van der Waals surface area contributed by atoms with Crippen molar-refractivity contribution in [1.82, 2.24) is 15.1 Å². The minimum Gasteiger partial charge on any atom is -0.345 e. The van der Waals surface area contributed by atoms with Crippen LogP contribution in [-0.2, 0) is 9.59 Å². The van der Waals surface area contributed by atoms with E-state index in [1.165, 1.54) is 6.42 Å². The summed E-state index contributed by atoms with van der Waals surface area (Å²) in [6.07, 6.45) is 3.31. The molecule has 1 fully saturated rings. The lowest BCUT2D eigenvalue weighted by molar-refractivity contribution is -0.134. The van der Waals surface area contributed by atoms with Crippen LogP contribution in [-0.4, -0.2) is 55.3 Å². The number of hydrogen-bond acceptors (Lipinski definition) is 3. The van der Waals surface area contributed by atoms with Crippen LogP contribution in [0.2, 0.25) is 0 Å². The fourth-order valence-electron chi connectivity index (χ4n) is 2.83. The Balaban J connectivity index is 1.93. The van der Waals surface area contributed by atoms with Crippen molar-refractivity contribution < 1.29 is 9.59 Å². The molecule has 22 heavy (non-hydrogen) atoms. The lowest BCUT2D eigenvalue weighted by atomic mass is 10.1. The van der Waals surface area contributed by atoms with Gasteiger partial charge < -0.3 is 10.2 Å². The first kappa shape index (κ1) is 16.5. The fourth-order valence-corrected chi connectivity index (χ4v) is 2.83. The van der Waals surface area contributed by atoms with Gasteiger partial charge in [-0.3, -0.25) is 14.5 Å². The van der Waals surface area contributed by atoms with Crippen molar-refractivity contribution in [2.45, 2.75) is 25.3 Å². The van der Waals surface area contributed by atoms with Gasteiger partial charge in [-0.15, -0.1) is 0 Å². The van der Waals surface area contributed by atoms with Crippen molar-refractivity contribution in [2.75, 3.05) is 33.7 Å². The summed E-state index contributed by atoms with van der Waals surface area (Å²) in [4.78, 5) is 28.3. The molecule has 0 aliphatic carbocycles. The van der Waals surface area contributed by atoms with Crippen molar-refractivity contribution in [2.24, 2.45) is 0 Å². The zero-order chi connectivity index (χ0) is 15.9. The molecule has 1 saturated heterocycles. The molecular weight excluding hydrogens is 278 g/mol. The van der Waals surface area contributed by atoms with Gasteiger partial charge in [0.15, 0.2) is 0 Å². The van der Waals surface area contributed by atoms with Crippen LogP contribution in [0.1, 0.15) is 30.9 Å². The van der Waals surface area contributed by atoms with Gasteiger partial charge in [0, 0.05) is 13.1 Å². The molecule has 1 aromatic rings. The number of piperidine rings is 1. The molecule has 0 radical (unpaired) electrons. The number of hydrogen-bond donors (Lipinski definition) is 1. The molecule has 0 saturated carbocycles. The van der Waals surface area contributed by atoms with E-state index in [-0.39, 0.29) is 24.4 Å². The lowest BCUT2D eigenvalue weighted by Gasteiger charge is -2.28. The molecule has 2 amide bonds. The van der Waals surface area contributed by atoms with E-state index in [9.17, 15) is 9.59 Å². The average Bonchev–Trinajstić information content (AvgIpc) is 2.54. The molecule has 0 aromatic heterocycles. The predicted octanol–water partition coefficient (Wildman–Crippen LogP) is 1.42. The number of nitrogens with zero attached hydrogens (tertiary/aromatic N) is 2. The van der Waals surface area contributed by atoms with E-state index in [2.05, 4.69) is 5.32 Å². The Kier molecular flexibility index (Phi) is 5.95. The Morgan fingerprint density at radius 1 is 1.14 bits per heavy atom. The largest absolute Gasteiger partial charge is 0.345 e. The summed E-state index contributed by atoms with van der Waals surface area (Å²) in [6, 6.07) is 9.23.